The van der Waals surface area contributed by atoms with Gasteiger partial charge in [-0.2, -0.15) is 5.10 Å². The first-order valence-corrected chi connectivity index (χ1v) is 15.9. The first-order valence-electron chi connectivity index (χ1n) is 11.5. The summed E-state index contributed by atoms with van der Waals surface area (Å²) in [4.78, 5) is 18.4. The molecule has 2 aromatic heterocycles. The Kier molecular flexibility index (Phi) is 7.08. The van der Waals surface area contributed by atoms with E-state index >= 15 is 0 Å². The lowest BCUT2D eigenvalue weighted by Crippen LogP contribution is -2.34. The third-order valence-electron chi connectivity index (χ3n) is 6.31. The van der Waals surface area contributed by atoms with Gasteiger partial charge in [-0.1, -0.05) is 33.3 Å². The van der Waals surface area contributed by atoms with Crippen LogP contribution in [0.1, 0.15) is 39.2 Å². The van der Waals surface area contributed by atoms with E-state index in [0.717, 1.165) is 12.7 Å². The SMILES string of the molecule is CCC(C)(C)CCn1nc(-c2cccs2)c(O)c(C2=Nc3ccc(NS(C)(=O)=O)cc3S(=O)(=O)C2)c1=O. The number of rotatable bonds is 8. The van der Waals surface area contributed by atoms with Gasteiger partial charge in [-0.15, -0.1) is 11.3 Å². The third-order valence-corrected chi connectivity index (χ3v) is 9.44. The van der Waals surface area contributed by atoms with Gasteiger partial charge in [0.25, 0.3) is 5.56 Å². The lowest BCUT2D eigenvalue weighted by atomic mass is 9.86. The Morgan fingerprint density at radius 2 is 1.97 bits per heavy atom. The maximum Gasteiger partial charge on any atom is 0.279 e. The van der Waals surface area contributed by atoms with Crippen molar-refractivity contribution < 1.29 is 21.9 Å². The highest BCUT2D eigenvalue weighted by atomic mass is 32.2. The molecule has 0 bridgehead atoms. The first-order chi connectivity index (χ1) is 17.2. The normalized spacial score (nSPS) is 15.2. The van der Waals surface area contributed by atoms with Crippen LogP contribution >= 0.6 is 11.3 Å². The monoisotopic (exact) mass is 564 g/mol. The molecule has 0 saturated carbocycles. The molecular weight excluding hydrogens is 536 g/mol. The van der Waals surface area contributed by atoms with Crippen LogP contribution in [-0.4, -0.2) is 49.4 Å². The van der Waals surface area contributed by atoms with Gasteiger partial charge < -0.3 is 5.11 Å². The summed E-state index contributed by atoms with van der Waals surface area (Å²) >= 11 is 1.33. The van der Waals surface area contributed by atoms with Gasteiger partial charge in [0.15, 0.2) is 15.6 Å². The second kappa shape index (κ2) is 9.69. The van der Waals surface area contributed by atoms with E-state index < -0.39 is 36.9 Å². The summed E-state index contributed by atoms with van der Waals surface area (Å²) < 4.78 is 53.1. The van der Waals surface area contributed by atoms with Gasteiger partial charge in [0.2, 0.25) is 10.0 Å². The van der Waals surface area contributed by atoms with E-state index in [9.17, 15) is 26.7 Å². The van der Waals surface area contributed by atoms with Crippen molar-refractivity contribution in [1.29, 1.82) is 0 Å². The summed E-state index contributed by atoms with van der Waals surface area (Å²) in [6.45, 7) is 6.51. The number of anilines is 1. The summed E-state index contributed by atoms with van der Waals surface area (Å²) in [5.41, 5.74) is -0.675. The van der Waals surface area contributed by atoms with Crippen molar-refractivity contribution in [3.63, 3.8) is 0 Å². The molecule has 2 N–H and O–H groups in total. The van der Waals surface area contributed by atoms with Crippen LogP contribution in [0, 0.1) is 5.41 Å². The number of hydrogen-bond acceptors (Lipinski definition) is 9. The van der Waals surface area contributed by atoms with Crippen molar-refractivity contribution in [3.8, 4) is 16.3 Å². The number of nitrogens with zero attached hydrogens (tertiary/aromatic N) is 3. The Morgan fingerprint density at radius 3 is 2.59 bits per heavy atom. The van der Waals surface area contributed by atoms with E-state index in [1.54, 1.807) is 12.1 Å². The average Bonchev–Trinajstić information content (AvgIpc) is 3.32. The minimum absolute atomic E-state index is 0.0484. The second-order valence-electron chi connectivity index (χ2n) is 9.72. The Morgan fingerprint density at radius 1 is 1.24 bits per heavy atom. The van der Waals surface area contributed by atoms with Crippen molar-refractivity contribution in [2.24, 2.45) is 10.4 Å². The van der Waals surface area contributed by atoms with Gasteiger partial charge in [0, 0.05) is 12.2 Å². The minimum atomic E-state index is -4.01. The summed E-state index contributed by atoms with van der Waals surface area (Å²) in [6, 6.07) is 7.49. The number of sulfone groups is 1. The number of aromatic nitrogens is 2. The summed E-state index contributed by atoms with van der Waals surface area (Å²) in [5.74, 6) is -1.06. The number of fused-ring (bicyclic) bond motifs is 1. The quantitative estimate of drug-likeness (QED) is 0.423. The number of benzene rings is 1. The number of sulfonamides is 1. The number of aromatic hydroxyl groups is 1. The molecule has 0 amide bonds. The fourth-order valence-electron chi connectivity index (χ4n) is 3.84. The zero-order chi connectivity index (χ0) is 27.2. The molecule has 0 radical (unpaired) electrons. The predicted octanol–water partition coefficient (Wildman–Crippen LogP) is 3.78. The topological polar surface area (TPSA) is 148 Å². The minimum Gasteiger partial charge on any atom is -0.505 e. The van der Waals surface area contributed by atoms with Crippen molar-refractivity contribution >= 4 is 48.3 Å². The van der Waals surface area contributed by atoms with Crippen LogP contribution in [0.5, 0.6) is 5.75 Å². The Bertz CT molecular complexity index is 1650. The molecule has 37 heavy (non-hydrogen) atoms. The van der Waals surface area contributed by atoms with Crippen LogP contribution in [0.3, 0.4) is 0 Å². The molecule has 10 nitrogen and oxygen atoms in total. The van der Waals surface area contributed by atoms with Crippen LogP contribution < -0.4 is 10.3 Å². The molecule has 1 aliphatic heterocycles. The van der Waals surface area contributed by atoms with Crippen molar-refractivity contribution in [2.45, 2.75) is 45.1 Å². The standard InChI is InChI=1S/C24H28N4O6S3/c1-5-24(2,3)10-11-28-23(30)20(22(29)21(26-28)18-7-6-12-35-18)17-14-37(33,34)19-13-15(27-36(4,31)32)8-9-16(19)25-17/h6-9,12-13,27,29H,5,10-11,14H2,1-4H3. The van der Waals surface area contributed by atoms with Crippen molar-refractivity contribution in [1.82, 2.24) is 9.78 Å². The van der Waals surface area contributed by atoms with Crippen LogP contribution in [0.2, 0.25) is 0 Å². The molecule has 3 heterocycles. The Hall–Kier alpha value is -3.03. The lowest BCUT2D eigenvalue weighted by Gasteiger charge is -2.23. The molecule has 1 aromatic carbocycles. The van der Waals surface area contributed by atoms with Gasteiger partial charge in [-0.05, 0) is 41.5 Å². The van der Waals surface area contributed by atoms with Crippen LogP contribution in [0.25, 0.3) is 10.6 Å². The summed E-state index contributed by atoms with van der Waals surface area (Å²) in [7, 11) is -7.63. The van der Waals surface area contributed by atoms with Crippen molar-refractivity contribution in [3.05, 3.63) is 51.6 Å². The smallest absolute Gasteiger partial charge is 0.279 e. The highest BCUT2D eigenvalue weighted by molar-refractivity contribution is 7.92. The molecule has 0 fully saturated rings. The zero-order valence-corrected chi connectivity index (χ0v) is 23.3. The molecule has 0 spiro atoms. The van der Waals surface area contributed by atoms with E-state index in [1.165, 1.54) is 34.2 Å². The van der Waals surface area contributed by atoms with Gasteiger partial charge in [0.05, 0.1) is 33.2 Å². The van der Waals surface area contributed by atoms with Crippen LogP contribution in [0.4, 0.5) is 11.4 Å². The molecule has 198 valence electrons. The van der Waals surface area contributed by atoms with E-state index in [4.69, 9.17) is 0 Å². The second-order valence-corrected chi connectivity index (χ2v) is 14.4. The summed E-state index contributed by atoms with van der Waals surface area (Å²) in [5, 5.41) is 17.4. The molecule has 0 saturated heterocycles. The predicted molar refractivity (Wildman–Crippen MR) is 145 cm³/mol. The molecular formula is C24H28N4O6S3. The average molecular weight is 565 g/mol. The number of aryl methyl sites for hydroxylation is 1. The highest BCUT2D eigenvalue weighted by Crippen LogP contribution is 2.37. The number of thiophene rings is 1. The number of nitrogens with one attached hydrogen (secondary N) is 1. The number of aliphatic imine (C=N–C) groups is 1. The van der Waals surface area contributed by atoms with Crippen molar-refractivity contribution in [2.75, 3.05) is 16.7 Å². The molecule has 3 aromatic rings. The van der Waals surface area contributed by atoms with Crippen LogP contribution in [0.15, 0.2) is 50.4 Å². The largest absolute Gasteiger partial charge is 0.505 e. The number of hydrogen-bond donors (Lipinski definition) is 2. The van der Waals surface area contributed by atoms with E-state index in [2.05, 4.69) is 35.6 Å². The first kappa shape index (κ1) is 27.0. The lowest BCUT2D eigenvalue weighted by molar-refractivity contribution is 0.291. The summed E-state index contributed by atoms with van der Waals surface area (Å²) in [6.07, 6.45) is 2.50. The highest BCUT2D eigenvalue weighted by Gasteiger charge is 2.32. The van der Waals surface area contributed by atoms with Gasteiger partial charge in [0.1, 0.15) is 11.3 Å². The Labute approximate surface area is 219 Å². The van der Waals surface area contributed by atoms with E-state index in [-0.39, 0.29) is 45.2 Å². The van der Waals surface area contributed by atoms with Gasteiger partial charge in [-0.3, -0.25) is 14.5 Å². The fourth-order valence-corrected chi connectivity index (χ4v) is 6.56. The van der Waals surface area contributed by atoms with Crippen LogP contribution in [-0.2, 0) is 26.4 Å². The maximum atomic E-state index is 13.5. The molecule has 1 aliphatic rings. The van der Waals surface area contributed by atoms with E-state index in [1.807, 2.05) is 5.38 Å². The van der Waals surface area contributed by atoms with Gasteiger partial charge in [-0.25, -0.2) is 21.5 Å². The van der Waals surface area contributed by atoms with E-state index in [0.29, 0.717) is 11.3 Å². The molecule has 0 atom stereocenters. The fraction of sp³-hybridized carbons (Fsp3) is 0.375. The molecule has 4 rings (SSSR count). The molecule has 0 unspecified atom stereocenters. The Balaban J connectivity index is 1.89. The third kappa shape index (κ3) is 5.78. The maximum absolute atomic E-state index is 13.5. The molecule has 0 aliphatic carbocycles. The zero-order valence-electron chi connectivity index (χ0n) is 20.8. The molecule has 13 heteroatoms. The van der Waals surface area contributed by atoms with Gasteiger partial charge >= 0.3 is 0 Å².